The summed E-state index contributed by atoms with van der Waals surface area (Å²) in [5, 5.41) is 0. The maximum atomic E-state index is 13.8. The van der Waals surface area contributed by atoms with Crippen LogP contribution in [0.2, 0.25) is 0 Å². The first kappa shape index (κ1) is 17.6. The highest BCUT2D eigenvalue weighted by molar-refractivity contribution is 5.95. The number of halogens is 2. The maximum Gasteiger partial charge on any atom is 0.222 e. The first-order valence-corrected chi connectivity index (χ1v) is 8.59. The molecule has 2 aromatic rings. The SMILES string of the molecule is CC(C)(C)c1ccc(CCC2COC(c3c(F)cccc3F)=N2)cc1. The summed E-state index contributed by atoms with van der Waals surface area (Å²) in [6.07, 6.45) is 1.64. The van der Waals surface area contributed by atoms with Crippen LogP contribution in [0.5, 0.6) is 0 Å². The molecule has 25 heavy (non-hydrogen) atoms. The largest absolute Gasteiger partial charge is 0.475 e. The van der Waals surface area contributed by atoms with Crippen molar-refractivity contribution in [1.29, 1.82) is 0 Å². The molecule has 0 saturated heterocycles. The zero-order valence-electron chi connectivity index (χ0n) is 14.9. The average molecular weight is 343 g/mol. The van der Waals surface area contributed by atoms with E-state index in [1.54, 1.807) is 0 Å². The number of hydrogen-bond donors (Lipinski definition) is 0. The fraction of sp³-hybridized carbons (Fsp3) is 0.381. The highest BCUT2D eigenvalue weighted by Crippen LogP contribution is 2.24. The van der Waals surface area contributed by atoms with Gasteiger partial charge in [-0.1, -0.05) is 51.1 Å². The van der Waals surface area contributed by atoms with Gasteiger partial charge in [0.2, 0.25) is 5.90 Å². The molecule has 2 aromatic carbocycles. The van der Waals surface area contributed by atoms with Gasteiger partial charge in [0.05, 0.1) is 6.04 Å². The molecule has 0 amide bonds. The smallest absolute Gasteiger partial charge is 0.222 e. The number of aryl methyl sites for hydroxylation is 1. The first-order valence-electron chi connectivity index (χ1n) is 8.59. The van der Waals surface area contributed by atoms with Crippen molar-refractivity contribution in [3.05, 3.63) is 70.8 Å². The second kappa shape index (κ2) is 6.95. The molecular formula is C21H23F2NO. The van der Waals surface area contributed by atoms with Crippen LogP contribution in [-0.2, 0) is 16.6 Å². The van der Waals surface area contributed by atoms with Gasteiger partial charge in [-0.15, -0.1) is 0 Å². The molecule has 1 unspecified atom stereocenters. The third-order valence-electron chi connectivity index (χ3n) is 4.48. The molecule has 0 bridgehead atoms. The molecule has 0 radical (unpaired) electrons. The Morgan fingerprint density at radius 2 is 1.68 bits per heavy atom. The van der Waals surface area contributed by atoms with Crippen molar-refractivity contribution in [2.45, 2.75) is 45.1 Å². The minimum atomic E-state index is -0.642. The molecule has 0 N–H and O–H groups in total. The van der Waals surface area contributed by atoms with Crippen LogP contribution in [0.3, 0.4) is 0 Å². The number of benzene rings is 2. The molecule has 1 heterocycles. The van der Waals surface area contributed by atoms with Crippen LogP contribution >= 0.6 is 0 Å². The third-order valence-corrected chi connectivity index (χ3v) is 4.48. The Morgan fingerprint density at radius 3 is 2.28 bits per heavy atom. The van der Waals surface area contributed by atoms with Gasteiger partial charge in [0.15, 0.2) is 0 Å². The Labute approximate surface area is 147 Å². The molecule has 132 valence electrons. The number of aliphatic imine (C=N–C) groups is 1. The maximum absolute atomic E-state index is 13.8. The molecule has 0 aliphatic carbocycles. The Bertz CT molecular complexity index is 755. The number of nitrogens with zero attached hydrogens (tertiary/aromatic N) is 1. The summed E-state index contributed by atoms with van der Waals surface area (Å²) in [6.45, 7) is 6.94. The molecule has 1 aliphatic rings. The molecule has 0 spiro atoms. The van der Waals surface area contributed by atoms with Crippen LogP contribution in [0.4, 0.5) is 8.78 Å². The Hall–Kier alpha value is -2.23. The minimum Gasteiger partial charge on any atom is -0.475 e. The van der Waals surface area contributed by atoms with Gasteiger partial charge >= 0.3 is 0 Å². The Morgan fingerprint density at radius 1 is 1.04 bits per heavy atom. The zero-order valence-corrected chi connectivity index (χ0v) is 14.9. The molecule has 0 saturated carbocycles. The fourth-order valence-electron chi connectivity index (χ4n) is 2.91. The second-order valence-electron chi connectivity index (χ2n) is 7.48. The van der Waals surface area contributed by atoms with Gasteiger partial charge in [0.25, 0.3) is 0 Å². The summed E-state index contributed by atoms with van der Waals surface area (Å²) >= 11 is 0. The standard InChI is InChI=1S/C21H23F2NO/c1-21(2,3)15-10-7-14(8-11-15)9-12-16-13-25-20(24-16)19-17(22)5-4-6-18(19)23/h4-8,10-11,16H,9,12-13H2,1-3H3. The lowest BCUT2D eigenvalue weighted by Gasteiger charge is -2.19. The molecule has 2 nitrogen and oxygen atoms in total. The van der Waals surface area contributed by atoms with Crippen molar-refractivity contribution >= 4 is 5.90 Å². The summed E-state index contributed by atoms with van der Waals surface area (Å²) in [4.78, 5) is 4.37. The second-order valence-corrected chi connectivity index (χ2v) is 7.48. The van der Waals surface area contributed by atoms with Crippen molar-refractivity contribution in [1.82, 2.24) is 0 Å². The number of rotatable bonds is 4. The molecular weight excluding hydrogens is 320 g/mol. The lowest BCUT2D eigenvalue weighted by molar-refractivity contribution is 0.310. The van der Waals surface area contributed by atoms with Crippen molar-refractivity contribution < 1.29 is 13.5 Å². The molecule has 0 fully saturated rings. The average Bonchev–Trinajstić information content (AvgIpc) is 3.01. The van der Waals surface area contributed by atoms with Crippen molar-refractivity contribution in [2.75, 3.05) is 6.61 Å². The van der Waals surface area contributed by atoms with Crippen LogP contribution in [0.25, 0.3) is 0 Å². The normalized spacial score (nSPS) is 17.3. The van der Waals surface area contributed by atoms with Gasteiger partial charge in [0, 0.05) is 0 Å². The predicted molar refractivity (Wildman–Crippen MR) is 96.1 cm³/mol. The molecule has 0 aromatic heterocycles. The summed E-state index contributed by atoms with van der Waals surface area (Å²) in [5.74, 6) is -1.21. The van der Waals surface area contributed by atoms with E-state index in [0.29, 0.717) is 6.61 Å². The molecule has 4 heteroatoms. The van der Waals surface area contributed by atoms with Gasteiger partial charge in [-0.3, -0.25) is 0 Å². The van der Waals surface area contributed by atoms with Crippen LogP contribution in [0.15, 0.2) is 47.5 Å². The minimum absolute atomic E-state index is 0.0729. The van der Waals surface area contributed by atoms with E-state index in [-0.39, 0.29) is 22.9 Å². The summed E-state index contributed by atoms with van der Waals surface area (Å²) < 4.78 is 33.1. The molecule has 3 rings (SSSR count). The highest BCUT2D eigenvalue weighted by Gasteiger charge is 2.25. The van der Waals surface area contributed by atoms with Gasteiger partial charge in [0.1, 0.15) is 23.8 Å². The first-order chi connectivity index (χ1) is 11.8. The Kier molecular flexibility index (Phi) is 4.89. The van der Waals surface area contributed by atoms with Gasteiger partial charge in [-0.25, -0.2) is 13.8 Å². The van der Waals surface area contributed by atoms with Crippen LogP contribution in [0, 0.1) is 11.6 Å². The van der Waals surface area contributed by atoms with Gasteiger partial charge < -0.3 is 4.74 Å². The van der Waals surface area contributed by atoms with Crippen LogP contribution < -0.4 is 0 Å². The van der Waals surface area contributed by atoms with Crippen LogP contribution in [-0.4, -0.2) is 18.5 Å². The lowest BCUT2D eigenvalue weighted by atomic mass is 9.86. The van der Waals surface area contributed by atoms with E-state index in [2.05, 4.69) is 50.0 Å². The molecule has 1 aliphatic heterocycles. The quantitative estimate of drug-likeness (QED) is 0.762. The van der Waals surface area contributed by atoms with Crippen molar-refractivity contribution in [3.63, 3.8) is 0 Å². The predicted octanol–water partition coefficient (Wildman–Crippen LogP) is 5.04. The van der Waals surface area contributed by atoms with Gasteiger partial charge in [-0.2, -0.15) is 0 Å². The van der Waals surface area contributed by atoms with E-state index in [1.807, 2.05) is 0 Å². The summed E-state index contributed by atoms with van der Waals surface area (Å²) in [5.41, 5.74) is 2.50. The van der Waals surface area contributed by atoms with Crippen LogP contribution in [0.1, 0.15) is 43.9 Å². The Balaban J connectivity index is 1.64. The number of ether oxygens (including phenoxy) is 1. The van der Waals surface area contributed by atoms with E-state index in [1.165, 1.54) is 29.3 Å². The number of hydrogen-bond acceptors (Lipinski definition) is 2. The third kappa shape index (κ3) is 4.06. The van der Waals surface area contributed by atoms with E-state index in [0.717, 1.165) is 12.8 Å². The zero-order chi connectivity index (χ0) is 18.0. The van der Waals surface area contributed by atoms with E-state index in [4.69, 9.17) is 4.74 Å². The summed E-state index contributed by atoms with van der Waals surface area (Å²) in [6, 6.07) is 12.3. The summed E-state index contributed by atoms with van der Waals surface area (Å²) in [7, 11) is 0. The van der Waals surface area contributed by atoms with E-state index in [9.17, 15) is 8.78 Å². The highest BCUT2D eigenvalue weighted by atomic mass is 19.1. The van der Waals surface area contributed by atoms with Gasteiger partial charge in [-0.05, 0) is 41.5 Å². The van der Waals surface area contributed by atoms with Crippen molar-refractivity contribution in [3.8, 4) is 0 Å². The molecule has 1 atom stereocenters. The lowest BCUT2D eigenvalue weighted by Crippen LogP contribution is -2.11. The van der Waals surface area contributed by atoms with E-state index >= 15 is 0 Å². The fourth-order valence-corrected chi connectivity index (χ4v) is 2.91. The monoisotopic (exact) mass is 343 g/mol. The van der Waals surface area contributed by atoms with E-state index < -0.39 is 11.6 Å². The van der Waals surface area contributed by atoms with Crippen molar-refractivity contribution in [2.24, 2.45) is 4.99 Å². The topological polar surface area (TPSA) is 21.6 Å².